The van der Waals surface area contributed by atoms with Crippen LogP contribution in [0, 0.1) is 30.6 Å². The first kappa shape index (κ1) is 19.1. The third-order valence-corrected chi connectivity index (χ3v) is 6.48. The Kier molecular flexibility index (Phi) is 4.70. The van der Waals surface area contributed by atoms with Crippen LogP contribution in [0.1, 0.15) is 23.1 Å². The fourth-order valence-corrected chi connectivity index (χ4v) is 4.90. The monoisotopic (exact) mass is 420 g/mol. The van der Waals surface area contributed by atoms with E-state index in [2.05, 4.69) is 17.3 Å². The van der Waals surface area contributed by atoms with E-state index in [9.17, 15) is 9.59 Å². The number of ether oxygens (including phenoxy) is 1. The topological polar surface area (TPSA) is 59.0 Å². The van der Waals surface area contributed by atoms with E-state index in [-0.39, 0.29) is 35.5 Å². The van der Waals surface area contributed by atoms with Crippen LogP contribution in [-0.4, -0.2) is 23.0 Å². The third-order valence-electron chi connectivity index (χ3n) is 6.25. The van der Waals surface area contributed by atoms with Crippen molar-refractivity contribution in [3.63, 3.8) is 0 Å². The van der Waals surface area contributed by atoms with Crippen molar-refractivity contribution in [2.24, 2.45) is 28.8 Å². The number of hydrogen-bond acceptors (Lipinski definition) is 4. The van der Waals surface area contributed by atoms with E-state index < -0.39 is 0 Å². The molecule has 1 heterocycles. The van der Waals surface area contributed by atoms with Crippen molar-refractivity contribution in [2.75, 3.05) is 0 Å². The number of hydrazone groups is 1. The molecule has 4 unspecified atom stereocenters. The van der Waals surface area contributed by atoms with Gasteiger partial charge in [0, 0.05) is 10.6 Å². The van der Waals surface area contributed by atoms with Crippen LogP contribution in [0.15, 0.2) is 59.7 Å². The number of hydrogen-bond donors (Lipinski definition) is 0. The third kappa shape index (κ3) is 3.23. The van der Waals surface area contributed by atoms with Gasteiger partial charge in [-0.2, -0.15) is 10.1 Å². The molecule has 2 aromatic carbocycles. The van der Waals surface area contributed by atoms with Crippen molar-refractivity contribution in [1.82, 2.24) is 5.01 Å². The van der Waals surface area contributed by atoms with Crippen LogP contribution >= 0.6 is 11.6 Å². The smallest absolute Gasteiger partial charge is 0.254 e. The summed E-state index contributed by atoms with van der Waals surface area (Å²) < 4.78 is 5.96. The van der Waals surface area contributed by atoms with E-state index in [1.165, 1.54) is 11.8 Å². The van der Waals surface area contributed by atoms with Gasteiger partial charge >= 0.3 is 0 Å². The zero-order valence-corrected chi connectivity index (χ0v) is 17.3. The quantitative estimate of drug-likeness (QED) is 0.410. The molecule has 1 saturated heterocycles. The van der Waals surface area contributed by atoms with Crippen molar-refractivity contribution in [1.29, 1.82) is 0 Å². The van der Waals surface area contributed by atoms with E-state index in [4.69, 9.17) is 16.3 Å². The molecule has 1 saturated carbocycles. The Morgan fingerprint density at radius 2 is 1.73 bits per heavy atom. The predicted molar refractivity (Wildman–Crippen MR) is 114 cm³/mol. The van der Waals surface area contributed by atoms with Gasteiger partial charge in [0.2, 0.25) is 0 Å². The lowest BCUT2D eigenvalue weighted by Gasteiger charge is -2.13. The first-order chi connectivity index (χ1) is 14.5. The maximum absolute atomic E-state index is 12.8. The molecule has 2 aromatic rings. The van der Waals surface area contributed by atoms with Gasteiger partial charge in [-0.1, -0.05) is 53.6 Å². The summed E-state index contributed by atoms with van der Waals surface area (Å²) in [5.41, 5.74) is 2.85. The summed E-state index contributed by atoms with van der Waals surface area (Å²) in [5.74, 6) is -0.0239. The molecule has 0 radical (unpaired) electrons. The Bertz CT molecular complexity index is 1050. The summed E-state index contributed by atoms with van der Waals surface area (Å²) in [6.07, 6.45) is 6.52. The van der Waals surface area contributed by atoms with Crippen molar-refractivity contribution in [3.05, 3.63) is 76.3 Å². The second-order valence-electron chi connectivity index (χ2n) is 8.19. The number of carbonyl (C=O) groups is 2. The average Bonchev–Trinajstić information content (AvgIpc) is 3.41. The highest BCUT2D eigenvalue weighted by molar-refractivity contribution is 6.31. The molecule has 2 fully saturated rings. The summed E-state index contributed by atoms with van der Waals surface area (Å²) in [7, 11) is 0. The molecule has 4 atom stereocenters. The van der Waals surface area contributed by atoms with Gasteiger partial charge in [0.1, 0.15) is 12.4 Å². The molecule has 5 nitrogen and oxygen atoms in total. The van der Waals surface area contributed by atoms with Gasteiger partial charge in [0.25, 0.3) is 11.8 Å². The molecule has 0 spiro atoms. The Morgan fingerprint density at radius 1 is 1.07 bits per heavy atom. The highest BCUT2D eigenvalue weighted by atomic mass is 35.5. The van der Waals surface area contributed by atoms with Gasteiger partial charge in [0.15, 0.2) is 0 Å². The van der Waals surface area contributed by atoms with E-state index in [1.807, 2.05) is 31.2 Å². The molecule has 152 valence electrons. The average molecular weight is 421 g/mol. The van der Waals surface area contributed by atoms with Crippen LogP contribution in [-0.2, 0) is 16.2 Å². The maximum atomic E-state index is 12.8. The minimum atomic E-state index is -0.263. The van der Waals surface area contributed by atoms with Gasteiger partial charge in [0.05, 0.1) is 18.1 Å². The zero-order chi connectivity index (χ0) is 20.8. The number of halogens is 1. The van der Waals surface area contributed by atoms with Gasteiger partial charge in [-0.3, -0.25) is 9.59 Å². The zero-order valence-electron chi connectivity index (χ0n) is 16.5. The lowest BCUT2D eigenvalue weighted by atomic mass is 9.85. The Labute approximate surface area is 180 Å². The number of fused-ring (bicyclic) bond motifs is 5. The van der Waals surface area contributed by atoms with E-state index >= 15 is 0 Å². The molecule has 0 aromatic heterocycles. The standard InChI is InChI=1S/C24H21ClN2O3/c1-14-2-4-15(5-3-14)13-30-20-9-8-19(25)11-18(20)12-26-27-23(28)21-16-6-7-17(10-16)22(21)24(27)29/h2-9,11-12,16-17,21-22H,10,13H2,1H3. The Hall–Kier alpha value is -2.92. The number of nitrogens with zero attached hydrogens (tertiary/aromatic N) is 2. The summed E-state index contributed by atoms with van der Waals surface area (Å²) in [5, 5.41) is 5.81. The largest absolute Gasteiger partial charge is 0.488 e. The molecular formula is C24H21ClN2O3. The fraction of sp³-hybridized carbons (Fsp3) is 0.292. The number of carbonyl (C=O) groups excluding carboxylic acids is 2. The second kappa shape index (κ2) is 7.40. The minimum Gasteiger partial charge on any atom is -0.488 e. The van der Waals surface area contributed by atoms with Crippen molar-refractivity contribution < 1.29 is 14.3 Å². The van der Waals surface area contributed by atoms with Gasteiger partial charge in [-0.15, -0.1) is 0 Å². The summed E-state index contributed by atoms with van der Waals surface area (Å²) in [6.45, 7) is 2.43. The molecule has 30 heavy (non-hydrogen) atoms. The minimum absolute atomic E-state index is 0.163. The molecule has 5 rings (SSSR count). The van der Waals surface area contributed by atoms with Gasteiger partial charge in [-0.05, 0) is 48.9 Å². The summed E-state index contributed by atoms with van der Waals surface area (Å²) in [6, 6.07) is 13.3. The Morgan fingerprint density at radius 3 is 2.40 bits per heavy atom. The number of benzene rings is 2. The highest BCUT2D eigenvalue weighted by Crippen LogP contribution is 2.52. The lowest BCUT2D eigenvalue weighted by Crippen LogP contribution is -2.28. The van der Waals surface area contributed by atoms with Crippen molar-refractivity contribution >= 4 is 29.6 Å². The molecule has 0 N–H and O–H groups in total. The Balaban J connectivity index is 1.35. The molecule has 2 amide bonds. The van der Waals surface area contributed by atoms with Crippen molar-refractivity contribution in [3.8, 4) is 5.75 Å². The van der Waals surface area contributed by atoms with Crippen LogP contribution in [0.25, 0.3) is 0 Å². The molecule has 6 heteroatoms. The molecule has 2 bridgehead atoms. The van der Waals surface area contributed by atoms with Crippen molar-refractivity contribution in [2.45, 2.75) is 20.0 Å². The van der Waals surface area contributed by atoms with Crippen LogP contribution in [0.2, 0.25) is 5.02 Å². The molecule has 2 aliphatic carbocycles. The summed E-state index contributed by atoms with van der Waals surface area (Å²) >= 11 is 6.16. The van der Waals surface area contributed by atoms with Crippen LogP contribution in [0.3, 0.4) is 0 Å². The predicted octanol–water partition coefficient (Wildman–Crippen LogP) is 4.37. The first-order valence-corrected chi connectivity index (χ1v) is 10.5. The lowest BCUT2D eigenvalue weighted by molar-refractivity contribution is -0.140. The normalized spacial score (nSPS) is 26.8. The van der Waals surface area contributed by atoms with E-state index in [0.29, 0.717) is 22.9 Å². The second-order valence-corrected chi connectivity index (χ2v) is 8.63. The van der Waals surface area contributed by atoms with Crippen LogP contribution in [0.5, 0.6) is 5.75 Å². The number of allylic oxidation sites excluding steroid dienone is 2. The molecule has 1 aliphatic heterocycles. The number of rotatable bonds is 5. The summed E-state index contributed by atoms with van der Waals surface area (Å²) in [4.78, 5) is 25.6. The van der Waals surface area contributed by atoms with Gasteiger partial charge < -0.3 is 4.74 Å². The van der Waals surface area contributed by atoms with E-state index in [1.54, 1.807) is 18.2 Å². The fourth-order valence-electron chi connectivity index (χ4n) is 4.72. The number of imide groups is 1. The maximum Gasteiger partial charge on any atom is 0.254 e. The molecule has 3 aliphatic rings. The van der Waals surface area contributed by atoms with Crippen LogP contribution in [0.4, 0.5) is 0 Å². The van der Waals surface area contributed by atoms with Gasteiger partial charge in [-0.25, -0.2) is 0 Å². The van der Waals surface area contributed by atoms with Crippen LogP contribution < -0.4 is 4.74 Å². The van der Waals surface area contributed by atoms with E-state index in [0.717, 1.165) is 17.0 Å². The number of aryl methyl sites for hydroxylation is 1. The highest BCUT2D eigenvalue weighted by Gasteiger charge is 2.59. The molecular weight excluding hydrogens is 400 g/mol. The SMILES string of the molecule is Cc1ccc(COc2ccc(Cl)cc2C=NN2C(=O)C3C4C=CC(C4)C3C2=O)cc1. The number of amides is 2. The first-order valence-electron chi connectivity index (χ1n) is 10.1.